The van der Waals surface area contributed by atoms with Crippen molar-refractivity contribution in [2.24, 2.45) is 0 Å². The maximum absolute atomic E-state index is 11.9. The Morgan fingerprint density at radius 3 is 2.65 bits per heavy atom. The molecule has 4 nitrogen and oxygen atoms in total. The van der Waals surface area contributed by atoms with E-state index in [4.69, 9.17) is 10.00 Å². The largest absolute Gasteiger partial charge is 0.494 e. The molecule has 5 heteroatoms. The first-order valence-corrected chi connectivity index (χ1v) is 8.47. The van der Waals surface area contributed by atoms with Crippen molar-refractivity contribution < 1.29 is 9.53 Å². The van der Waals surface area contributed by atoms with E-state index >= 15 is 0 Å². The average Bonchev–Trinajstić information content (AvgIpc) is 2.57. The van der Waals surface area contributed by atoms with Gasteiger partial charge in [0.1, 0.15) is 5.75 Å². The van der Waals surface area contributed by atoms with Gasteiger partial charge < -0.3 is 10.1 Å². The quantitative estimate of drug-likeness (QED) is 0.840. The fourth-order valence-corrected chi connectivity index (χ4v) is 2.82. The van der Waals surface area contributed by atoms with Gasteiger partial charge in [-0.3, -0.25) is 4.79 Å². The summed E-state index contributed by atoms with van der Waals surface area (Å²) in [7, 11) is 0. The molecule has 0 aliphatic rings. The van der Waals surface area contributed by atoms with Crippen LogP contribution in [0.5, 0.6) is 5.75 Å². The molecule has 0 saturated heterocycles. The van der Waals surface area contributed by atoms with E-state index in [1.807, 2.05) is 37.3 Å². The Bertz CT molecular complexity index is 693. The lowest BCUT2D eigenvalue weighted by Crippen LogP contribution is -2.14. The lowest BCUT2D eigenvalue weighted by atomic mass is 10.2. The molecule has 0 aliphatic carbocycles. The number of benzene rings is 2. The van der Waals surface area contributed by atoms with Crippen molar-refractivity contribution in [3.8, 4) is 11.8 Å². The third kappa shape index (κ3) is 5.35. The van der Waals surface area contributed by atoms with Crippen molar-refractivity contribution in [1.82, 2.24) is 0 Å². The van der Waals surface area contributed by atoms with Gasteiger partial charge in [0.25, 0.3) is 0 Å². The molecule has 23 heavy (non-hydrogen) atoms. The van der Waals surface area contributed by atoms with Crippen LogP contribution in [0.25, 0.3) is 0 Å². The summed E-state index contributed by atoms with van der Waals surface area (Å²) in [5, 5.41) is 11.6. The number of carbonyl (C=O) groups excluding carboxylic acids is 1. The van der Waals surface area contributed by atoms with Crippen LogP contribution in [0, 0.1) is 11.3 Å². The Morgan fingerprint density at radius 1 is 1.22 bits per heavy atom. The van der Waals surface area contributed by atoms with Crippen LogP contribution in [-0.4, -0.2) is 18.3 Å². The molecule has 0 bridgehead atoms. The number of nitrogens with zero attached hydrogens (tertiary/aromatic N) is 1. The number of hydrogen-bond donors (Lipinski definition) is 1. The number of para-hydroxylation sites is 1. The van der Waals surface area contributed by atoms with Gasteiger partial charge in [0.05, 0.1) is 24.0 Å². The zero-order valence-corrected chi connectivity index (χ0v) is 13.7. The number of nitriles is 1. The zero-order valence-electron chi connectivity index (χ0n) is 12.9. The van der Waals surface area contributed by atoms with Crippen LogP contribution in [-0.2, 0) is 10.5 Å². The Balaban J connectivity index is 1.81. The van der Waals surface area contributed by atoms with Crippen molar-refractivity contribution in [2.45, 2.75) is 12.7 Å². The Kier molecular flexibility index (Phi) is 6.52. The Labute approximate surface area is 140 Å². The third-order valence-corrected chi connectivity index (χ3v) is 4.04. The molecule has 0 radical (unpaired) electrons. The van der Waals surface area contributed by atoms with Gasteiger partial charge >= 0.3 is 0 Å². The van der Waals surface area contributed by atoms with E-state index in [1.54, 1.807) is 24.3 Å². The Hall–Kier alpha value is -2.45. The van der Waals surface area contributed by atoms with Crippen molar-refractivity contribution in [1.29, 1.82) is 5.26 Å². The highest BCUT2D eigenvalue weighted by Gasteiger charge is 2.06. The molecule has 2 aromatic carbocycles. The topological polar surface area (TPSA) is 62.1 Å². The summed E-state index contributed by atoms with van der Waals surface area (Å²) in [6, 6.07) is 16.7. The standard InChI is InChI=1S/C18H18N2O2S/c1-2-22-17-6-4-3-5-15(17)12-23-13-18(21)20-16-9-7-14(11-19)8-10-16/h3-10H,2,12-13H2,1H3,(H,20,21). The van der Waals surface area contributed by atoms with E-state index in [2.05, 4.69) is 5.32 Å². The van der Waals surface area contributed by atoms with Gasteiger partial charge in [-0.05, 0) is 37.3 Å². The molecule has 1 amide bonds. The van der Waals surface area contributed by atoms with E-state index in [0.717, 1.165) is 17.1 Å². The molecule has 0 heterocycles. The van der Waals surface area contributed by atoms with E-state index in [9.17, 15) is 4.79 Å². The normalized spacial score (nSPS) is 9.91. The highest BCUT2D eigenvalue weighted by atomic mass is 32.2. The van der Waals surface area contributed by atoms with Gasteiger partial charge in [-0.15, -0.1) is 11.8 Å². The number of rotatable bonds is 7. The summed E-state index contributed by atoms with van der Waals surface area (Å²) in [6.07, 6.45) is 0. The molecule has 1 N–H and O–H groups in total. The van der Waals surface area contributed by atoms with Gasteiger partial charge in [0.15, 0.2) is 0 Å². The molecular weight excluding hydrogens is 308 g/mol. The van der Waals surface area contributed by atoms with Crippen LogP contribution in [0.3, 0.4) is 0 Å². The SMILES string of the molecule is CCOc1ccccc1CSCC(=O)Nc1ccc(C#N)cc1. The molecule has 0 aromatic heterocycles. The summed E-state index contributed by atoms with van der Waals surface area (Å²) >= 11 is 1.54. The molecule has 0 fully saturated rings. The molecule has 0 atom stereocenters. The van der Waals surface area contributed by atoms with Crippen LogP contribution in [0.2, 0.25) is 0 Å². The van der Waals surface area contributed by atoms with Gasteiger partial charge in [-0.2, -0.15) is 5.26 Å². The highest BCUT2D eigenvalue weighted by Crippen LogP contribution is 2.23. The van der Waals surface area contributed by atoms with E-state index in [1.165, 1.54) is 11.8 Å². The third-order valence-electron chi connectivity index (χ3n) is 3.06. The first-order valence-electron chi connectivity index (χ1n) is 7.31. The average molecular weight is 326 g/mol. The van der Waals surface area contributed by atoms with Crippen molar-refractivity contribution in [2.75, 3.05) is 17.7 Å². The van der Waals surface area contributed by atoms with Crippen molar-refractivity contribution >= 4 is 23.4 Å². The summed E-state index contributed by atoms with van der Waals surface area (Å²) in [6.45, 7) is 2.58. The maximum Gasteiger partial charge on any atom is 0.234 e. The molecule has 0 unspecified atom stereocenters. The fourth-order valence-electron chi connectivity index (χ4n) is 2.00. The maximum atomic E-state index is 11.9. The second kappa shape index (κ2) is 8.86. The summed E-state index contributed by atoms with van der Waals surface area (Å²) in [4.78, 5) is 11.9. The second-order valence-electron chi connectivity index (χ2n) is 4.77. The number of nitrogens with one attached hydrogen (secondary N) is 1. The van der Waals surface area contributed by atoms with Gasteiger partial charge in [-0.25, -0.2) is 0 Å². The smallest absolute Gasteiger partial charge is 0.234 e. The molecular formula is C18H18N2O2S. The first kappa shape index (κ1) is 16.9. The van der Waals surface area contributed by atoms with Gasteiger partial charge in [0, 0.05) is 17.0 Å². The van der Waals surface area contributed by atoms with Gasteiger partial charge in [-0.1, -0.05) is 18.2 Å². The predicted octanol–water partition coefficient (Wildman–Crippen LogP) is 3.83. The number of hydrogen-bond acceptors (Lipinski definition) is 4. The number of anilines is 1. The molecule has 0 aliphatic heterocycles. The minimum atomic E-state index is -0.0615. The number of amides is 1. The fraction of sp³-hybridized carbons (Fsp3) is 0.222. The summed E-state index contributed by atoms with van der Waals surface area (Å²) in [5.74, 6) is 1.89. The van der Waals surface area contributed by atoms with E-state index < -0.39 is 0 Å². The lowest BCUT2D eigenvalue weighted by Gasteiger charge is -2.09. The number of ether oxygens (including phenoxy) is 1. The monoisotopic (exact) mass is 326 g/mol. The lowest BCUT2D eigenvalue weighted by molar-refractivity contribution is -0.113. The van der Waals surface area contributed by atoms with E-state index in [0.29, 0.717) is 23.6 Å². The van der Waals surface area contributed by atoms with E-state index in [-0.39, 0.29) is 5.91 Å². The van der Waals surface area contributed by atoms with Crippen LogP contribution in [0.15, 0.2) is 48.5 Å². The molecule has 118 valence electrons. The van der Waals surface area contributed by atoms with Crippen molar-refractivity contribution in [3.63, 3.8) is 0 Å². The summed E-state index contributed by atoms with van der Waals surface area (Å²) < 4.78 is 5.57. The Morgan fingerprint density at radius 2 is 1.96 bits per heavy atom. The van der Waals surface area contributed by atoms with Gasteiger partial charge in [0.2, 0.25) is 5.91 Å². The first-order chi connectivity index (χ1) is 11.2. The van der Waals surface area contributed by atoms with Crippen LogP contribution < -0.4 is 10.1 Å². The second-order valence-corrected chi connectivity index (χ2v) is 5.76. The van der Waals surface area contributed by atoms with Crippen molar-refractivity contribution in [3.05, 3.63) is 59.7 Å². The molecule has 0 spiro atoms. The minimum absolute atomic E-state index is 0.0615. The predicted molar refractivity (Wildman–Crippen MR) is 93.6 cm³/mol. The molecule has 0 saturated carbocycles. The highest BCUT2D eigenvalue weighted by molar-refractivity contribution is 7.99. The molecule has 2 rings (SSSR count). The molecule has 2 aromatic rings. The van der Waals surface area contributed by atoms with Crippen LogP contribution >= 0.6 is 11.8 Å². The number of thioether (sulfide) groups is 1. The van der Waals surface area contributed by atoms with Crippen LogP contribution in [0.1, 0.15) is 18.1 Å². The van der Waals surface area contributed by atoms with Crippen LogP contribution in [0.4, 0.5) is 5.69 Å². The minimum Gasteiger partial charge on any atom is -0.494 e. The summed E-state index contributed by atoms with van der Waals surface area (Å²) in [5.41, 5.74) is 2.36. The number of carbonyl (C=O) groups is 1. The zero-order chi connectivity index (χ0) is 16.5.